The minimum absolute atomic E-state index is 0.00206. The van der Waals surface area contributed by atoms with Gasteiger partial charge < -0.3 is 15.0 Å². The van der Waals surface area contributed by atoms with E-state index in [0.717, 1.165) is 29.8 Å². The van der Waals surface area contributed by atoms with Crippen LogP contribution in [0.15, 0.2) is 85.3 Å². The Hall–Kier alpha value is -5.47. The molecule has 11 nitrogen and oxygen atoms in total. The minimum Gasteiger partial charge on any atom is -0.381 e. The average molecular weight is 711 g/mol. The van der Waals surface area contributed by atoms with Crippen LogP contribution in [0.4, 0.5) is 18.9 Å². The molecule has 14 heteroatoms. The van der Waals surface area contributed by atoms with Crippen LogP contribution < -0.4 is 5.32 Å². The van der Waals surface area contributed by atoms with Gasteiger partial charge in [-0.2, -0.15) is 18.3 Å². The molecular weight excluding hydrogens is 673 g/mol. The molecule has 0 aliphatic carbocycles. The summed E-state index contributed by atoms with van der Waals surface area (Å²) in [4.78, 5) is 43.3. The molecule has 3 aromatic heterocycles. The number of amides is 2. The van der Waals surface area contributed by atoms with Crippen molar-refractivity contribution in [3.05, 3.63) is 96.6 Å². The van der Waals surface area contributed by atoms with Gasteiger partial charge in [0.15, 0.2) is 5.82 Å². The number of carbonyl (C=O) groups excluding carboxylic acids is 2. The molecule has 268 valence electrons. The van der Waals surface area contributed by atoms with Crippen molar-refractivity contribution >= 4 is 34.0 Å². The lowest BCUT2D eigenvalue weighted by Crippen LogP contribution is -2.45. The first-order chi connectivity index (χ1) is 25.1. The minimum atomic E-state index is -4.60. The number of pyridine rings is 1. The molecule has 52 heavy (non-hydrogen) atoms. The predicted octanol–water partition coefficient (Wildman–Crippen LogP) is 6.08. The number of carbonyl (C=O) groups is 2. The predicted molar refractivity (Wildman–Crippen MR) is 190 cm³/mol. The van der Waals surface area contributed by atoms with E-state index in [-0.39, 0.29) is 30.5 Å². The Balaban J connectivity index is 0.996. The summed E-state index contributed by atoms with van der Waals surface area (Å²) < 4.78 is 45.8. The van der Waals surface area contributed by atoms with Gasteiger partial charge >= 0.3 is 6.18 Å². The second-order valence-corrected chi connectivity index (χ2v) is 13.1. The Morgan fingerprint density at radius 2 is 1.75 bits per heavy atom. The average Bonchev–Trinajstić information content (AvgIpc) is 3.79. The van der Waals surface area contributed by atoms with Crippen LogP contribution in [0.3, 0.4) is 0 Å². The van der Waals surface area contributed by atoms with Gasteiger partial charge in [0.1, 0.15) is 11.4 Å². The molecule has 0 saturated carbocycles. The summed E-state index contributed by atoms with van der Waals surface area (Å²) in [5, 5.41) is 10.7. The number of halogens is 3. The number of anilines is 1. The fraction of sp³-hybridized carbons (Fsp3) is 0.316. The summed E-state index contributed by atoms with van der Waals surface area (Å²) in [6.07, 6.45) is 3.26. The Labute approximate surface area is 297 Å². The quantitative estimate of drug-likeness (QED) is 0.178. The SMILES string of the molecule is CCOCC1(C(=O)Nc2ccc3[nH]nc(-c4ccnc(C(F)(F)F)c4)c3c2)CCN(CC(=O)N2CC=C(c3ccc(-c4ncccn4)cc3)CC2)C1. The van der Waals surface area contributed by atoms with Crippen molar-refractivity contribution in [2.24, 2.45) is 5.41 Å². The molecule has 1 fully saturated rings. The summed E-state index contributed by atoms with van der Waals surface area (Å²) in [5.41, 5.74) is 2.94. The van der Waals surface area contributed by atoms with Crippen LogP contribution in [0.25, 0.3) is 39.1 Å². The Kier molecular flexibility index (Phi) is 9.84. The van der Waals surface area contributed by atoms with Gasteiger partial charge in [0.2, 0.25) is 11.8 Å². The summed E-state index contributed by atoms with van der Waals surface area (Å²) in [6.45, 7) is 4.65. The summed E-state index contributed by atoms with van der Waals surface area (Å²) in [5.74, 6) is 0.425. The molecule has 2 N–H and O–H groups in total. The van der Waals surface area contributed by atoms with E-state index < -0.39 is 17.3 Å². The second kappa shape index (κ2) is 14.6. The zero-order chi connectivity index (χ0) is 36.3. The molecule has 2 aliphatic heterocycles. The van der Waals surface area contributed by atoms with Crippen LogP contribution in [0.5, 0.6) is 0 Å². The Morgan fingerprint density at radius 1 is 0.962 bits per heavy atom. The largest absolute Gasteiger partial charge is 0.433 e. The number of fused-ring (bicyclic) bond motifs is 1. The number of benzene rings is 2. The van der Waals surface area contributed by atoms with E-state index in [0.29, 0.717) is 67.3 Å². The van der Waals surface area contributed by atoms with Crippen LogP contribution in [0.1, 0.15) is 31.0 Å². The standard InChI is InChI=1S/C38H37F3N8O3/c1-2-52-24-37(36(51)45-29-8-9-31-30(21-29)34(47-46-31)28-10-16-42-32(20-28)38(39,40)41)13-19-48(23-37)22-33(50)49-17-11-26(12-18-49)25-4-6-27(7-5-25)35-43-14-3-15-44-35/h3-11,14-16,20-21H,2,12-13,17-19,22-24H2,1H3,(H,45,51)(H,46,47). The molecule has 2 amide bonds. The number of hydrogen-bond acceptors (Lipinski definition) is 8. The van der Waals surface area contributed by atoms with Crippen LogP contribution in [0, 0.1) is 5.41 Å². The van der Waals surface area contributed by atoms with Crippen LogP contribution >= 0.6 is 0 Å². The van der Waals surface area contributed by atoms with E-state index >= 15 is 0 Å². The highest BCUT2D eigenvalue weighted by molar-refractivity contribution is 6.00. The van der Waals surface area contributed by atoms with Crippen molar-refractivity contribution in [3.8, 4) is 22.6 Å². The van der Waals surface area contributed by atoms with Crippen molar-refractivity contribution in [1.82, 2.24) is 34.9 Å². The molecule has 5 aromatic rings. The van der Waals surface area contributed by atoms with Gasteiger partial charge in [0, 0.05) is 67.0 Å². The third kappa shape index (κ3) is 7.44. The molecule has 0 bridgehead atoms. The highest BCUT2D eigenvalue weighted by Gasteiger charge is 2.45. The maximum atomic E-state index is 13.9. The Morgan fingerprint density at radius 3 is 2.48 bits per heavy atom. The van der Waals surface area contributed by atoms with Crippen molar-refractivity contribution in [2.75, 3.05) is 51.3 Å². The third-order valence-electron chi connectivity index (χ3n) is 9.64. The first-order valence-corrected chi connectivity index (χ1v) is 17.1. The van der Waals surface area contributed by atoms with Crippen molar-refractivity contribution in [2.45, 2.75) is 25.9 Å². The summed E-state index contributed by atoms with van der Waals surface area (Å²) in [6, 6.07) is 17.4. The molecule has 5 heterocycles. The van der Waals surface area contributed by atoms with Crippen molar-refractivity contribution in [3.63, 3.8) is 0 Å². The molecule has 1 unspecified atom stereocenters. The topological polar surface area (TPSA) is 129 Å². The molecule has 2 aliphatic rings. The lowest BCUT2D eigenvalue weighted by molar-refractivity contribution is -0.141. The number of nitrogens with zero attached hydrogens (tertiary/aromatic N) is 6. The van der Waals surface area contributed by atoms with Crippen LogP contribution in [0.2, 0.25) is 0 Å². The molecular formula is C38H37F3N8O3. The van der Waals surface area contributed by atoms with E-state index in [1.165, 1.54) is 11.6 Å². The van der Waals surface area contributed by atoms with Crippen molar-refractivity contribution in [1.29, 1.82) is 0 Å². The fourth-order valence-corrected chi connectivity index (χ4v) is 6.80. The summed E-state index contributed by atoms with van der Waals surface area (Å²) in [7, 11) is 0. The second-order valence-electron chi connectivity index (χ2n) is 13.1. The first kappa shape index (κ1) is 35.0. The lowest BCUT2D eigenvalue weighted by Gasteiger charge is -2.30. The third-order valence-corrected chi connectivity index (χ3v) is 9.64. The number of H-pyrrole nitrogens is 1. The number of rotatable bonds is 10. The molecule has 1 saturated heterocycles. The van der Waals surface area contributed by atoms with Gasteiger partial charge in [-0.1, -0.05) is 30.3 Å². The smallest absolute Gasteiger partial charge is 0.381 e. The highest BCUT2D eigenvalue weighted by atomic mass is 19.4. The summed E-state index contributed by atoms with van der Waals surface area (Å²) >= 11 is 0. The van der Waals surface area contributed by atoms with E-state index in [1.54, 1.807) is 36.7 Å². The molecule has 1 atom stereocenters. The molecule has 0 radical (unpaired) electrons. The number of alkyl halides is 3. The number of ether oxygens (including phenoxy) is 1. The first-order valence-electron chi connectivity index (χ1n) is 17.1. The van der Waals surface area contributed by atoms with Gasteiger partial charge in [-0.3, -0.25) is 24.6 Å². The molecule has 2 aromatic carbocycles. The highest BCUT2D eigenvalue weighted by Crippen LogP contribution is 2.36. The maximum absolute atomic E-state index is 13.9. The number of likely N-dealkylation sites (tertiary alicyclic amines) is 1. The number of nitrogens with one attached hydrogen (secondary N) is 2. The fourth-order valence-electron chi connectivity index (χ4n) is 6.80. The van der Waals surface area contributed by atoms with E-state index in [2.05, 4.69) is 48.7 Å². The maximum Gasteiger partial charge on any atom is 0.433 e. The molecule has 0 spiro atoms. The lowest BCUT2D eigenvalue weighted by atomic mass is 9.86. The normalized spacial score (nSPS) is 18.1. The van der Waals surface area contributed by atoms with Crippen LogP contribution in [-0.4, -0.2) is 92.7 Å². The van der Waals surface area contributed by atoms with Gasteiger partial charge in [-0.25, -0.2) is 9.97 Å². The van der Waals surface area contributed by atoms with E-state index in [9.17, 15) is 22.8 Å². The van der Waals surface area contributed by atoms with E-state index in [4.69, 9.17) is 4.74 Å². The van der Waals surface area contributed by atoms with Gasteiger partial charge in [0.05, 0.1) is 24.1 Å². The van der Waals surface area contributed by atoms with Crippen LogP contribution in [-0.2, 0) is 20.5 Å². The van der Waals surface area contributed by atoms with Crippen molar-refractivity contribution < 1.29 is 27.5 Å². The zero-order valence-electron chi connectivity index (χ0n) is 28.5. The zero-order valence-corrected chi connectivity index (χ0v) is 28.5. The number of aromatic nitrogens is 5. The Bertz CT molecular complexity index is 2100. The van der Waals surface area contributed by atoms with Gasteiger partial charge in [0.25, 0.3) is 0 Å². The van der Waals surface area contributed by atoms with Gasteiger partial charge in [-0.15, -0.1) is 0 Å². The number of hydrogen-bond donors (Lipinski definition) is 2. The number of aromatic amines is 1. The van der Waals surface area contributed by atoms with E-state index in [1.807, 2.05) is 28.9 Å². The monoisotopic (exact) mass is 710 g/mol. The molecule has 7 rings (SSSR count). The van der Waals surface area contributed by atoms with Gasteiger partial charge in [-0.05, 0) is 73.8 Å².